The van der Waals surface area contributed by atoms with E-state index in [0.717, 1.165) is 19.5 Å². The SMILES string of the molecule is CNC(C1CCN(C)C1)C1(C(=O)OC)COC1. The molecule has 0 aromatic carbocycles. The van der Waals surface area contributed by atoms with Gasteiger partial charge in [0.05, 0.1) is 20.3 Å². The van der Waals surface area contributed by atoms with Crippen LogP contribution in [0, 0.1) is 11.3 Å². The third-order valence-corrected chi connectivity index (χ3v) is 4.12. The van der Waals surface area contributed by atoms with Crippen LogP contribution in [0.1, 0.15) is 6.42 Å². The normalized spacial score (nSPS) is 29.7. The van der Waals surface area contributed by atoms with Gasteiger partial charge in [-0.05, 0) is 33.0 Å². The molecule has 98 valence electrons. The highest BCUT2D eigenvalue weighted by Gasteiger charge is 2.55. The van der Waals surface area contributed by atoms with Gasteiger partial charge in [-0.15, -0.1) is 0 Å². The average Bonchev–Trinajstić information content (AvgIpc) is 2.68. The first kappa shape index (κ1) is 12.8. The molecule has 2 saturated heterocycles. The van der Waals surface area contributed by atoms with E-state index in [9.17, 15) is 4.79 Å². The predicted octanol–water partition coefficient (Wildman–Crippen LogP) is -0.284. The van der Waals surface area contributed by atoms with E-state index < -0.39 is 5.41 Å². The summed E-state index contributed by atoms with van der Waals surface area (Å²) in [6.07, 6.45) is 1.13. The zero-order valence-corrected chi connectivity index (χ0v) is 10.9. The van der Waals surface area contributed by atoms with Crippen LogP contribution in [0.4, 0.5) is 0 Å². The molecule has 2 fully saturated rings. The minimum atomic E-state index is -0.473. The van der Waals surface area contributed by atoms with Crippen molar-refractivity contribution >= 4 is 5.97 Å². The van der Waals surface area contributed by atoms with Crippen molar-refractivity contribution in [3.8, 4) is 0 Å². The summed E-state index contributed by atoms with van der Waals surface area (Å²) in [6, 6.07) is 0.147. The van der Waals surface area contributed by atoms with Gasteiger partial charge in [-0.2, -0.15) is 0 Å². The van der Waals surface area contributed by atoms with Gasteiger partial charge < -0.3 is 19.7 Å². The second kappa shape index (κ2) is 4.92. The standard InChI is InChI=1S/C12H22N2O3/c1-13-10(9-4-5-14(2)6-9)12(7-17-8-12)11(15)16-3/h9-10,13H,4-8H2,1-3H3. The molecule has 0 aromatic heterocycles. The molecule has 2 heterocycles. The van der Waals surface area contributed by atoms with Gasteiger partial charge in [-0.3, -0.25) is 4.79 Å². The van der Waals surface area contributed by atoms with Crippen molar-refractivity contribution in [3.05, 3.63) is 0 Å². The highest BCUT2D eigenvalue weighted by molar-refractivity contribution is 5.79. The van der Waals surface area contributed by atoms with Crippen molar-refractivity contribution in [2.45, 2.75) is 12.5 Å². The first-order chi connectivity index (χ1) is 8.14. The summed E-state index contributed by atoms with van der Waals surface area (Å²) in [7, 11) is 5.50. The zero-order valence-electron chi connectivity index (χ0n) is 10.9. The van der Waals surface area contributed by atoms with Gasteiger partial charge in [-0.25, -0.2) is 0 Å². The summed E-state index contributed by atoms with van der Waals surface area (Å²) >= 11 is 0. The fourth-order valence-electron chi connectivity index (χ4n) is 3.15. The molecule has 0 spiro atoms. The molecule has 0 radical (unpaired) electrons. The maximum absolute atomic E-state index is 12.0. The summed E-state index contributed by atoms with van der Waals surface area (Å²) < 4.78 is 10.2. The quantitative estimate of drug-likeness (QED) is 0.687. The van der Waals surface area contributed by atoms with Gasteiger partial charge in [0.15, 0.2) is 0 Å². The van der Waals surface area contributed by atoms with Crippen LogP contribution in [0.15, 0.2) is 0 Å². The van der Waals surface area contributed by atoms with E-state index in [1.54, 1.807) is 0 Å². The van der Waals surface area contributed by atoms with Crippen molar-refractivity contribution in [1.82, 2.24) is 10.2 Å². The van der Waals surface area contributed by atoms with E-state index in [1.165, 1.54) is 7.11 Å². The van der Waals surface area contributed by atoms with E-state index in [0.29, 0.717) is 19.1 Å². The Hall–Kier alpha value is -0.650. The van der Waals surface area contributed by atoms with E-state index >= 15 is 0 Å². The topological polar surface area (TPSA) is 50.8 Å². The number of carbonyl (C=O) groups is 1. The molecular weight excluding hydrogens is 220 g/mol. The van der Waals surface area contributed by atoms with Crippen LogP contribution >= 0.6 is 0 Å². The van der Waals surface area contributed by atoms with Gasteiger partial charge in [0, 0.05) is 12.6 Å². The molecule has 0 bridgehead atoms. The number of nitrogens with one attached hydrogen (secondary N) is 1. The Kier molecular flexibility index (Phi) is 3.70. The Bertz CT molecular complexity index is 291. The van der Waals surface area contributed by atoms with Crippen LogP contribution in [-0.4, -0.2) is 64.4 Å². The number of esters is 1. The lowest BCUT2D eigenvalue weighted by Gasteiger charge is -2.46. The lowest BCUT2D eigenvalue weighted by atomic mass is 9.72. The van der Waals surface area contributed by atoms with Crippen molar-refractivity contribution in [2.24, 2.45) is 11.3 Å². The molecule has 2 atom stereocenters. The van der Waals surface area contributed by atoms with Crippen LogP contribution in [0.25, 0.3) is 0 Å². The van der Waals surface area contributed by atoms with Crippen LogP contribution in [0.3, 0.4) is 0 Å². The lowest BCUT2D eigenvalue weighted by molar-refractivity contribution is -0.192. The third-order valence-electron chi connectivity index (χ3n) is 4.12. The van der Waals surface area contributed by atoms with Crippen LogP contribution in [-0.2, 0) is 14.3 Å². The Balaban J connectivity index is 2.13. The first-order valence-corrected chi connectivity index (χ1v) is 6.16. The van der Waals surface area contributed by atoms with E-state index in [-0.39, 0.29) is 12.0 Å². The van der Waals surface area contributed by atoms with E-state index in [4.69, 9.17) is 9.47 Å². The highest BCUT2D eigenvalue weighted by atomic mass is 16.5. The fraction of sp³-hybridized carbons (Fsp3) is 0.917. The number of ether oxygens (including phenoxy) is 2. The molecule has 5 nitrogen and oxygen atoms in total. The van der Waals surface area contributed by atoms with E-state index in [2.05, 4.69) is 17.3 Å². The summed E-state index contributed by atoms with van der Waals surface area (Å²) in [6.45, 7) is 3.09. The summed E-state index contributed by atoms with van der Waals surface area (Å²) in [5.41, 5.74) is -0.473. The smallest absolute Gasteiger partial charge is 0.318 e. The Morgan fingerprint density at radius 3 is 2.65 bits per heavy atom. The molecule has 0 saturated carbocycles. The maximum atomic E-state index is 12.0. The van der Waals surface area contributed by atoms with Gasteiger partial charge in [-0.1, -0.05) is 0 Å². The number of carbonyl (C=O) groups excluding carboxylic acids is 1. The van der Waals surface area contributed by atoms with Gasteiger partial charge >= 0.3 is 5.97 Å². The number of rotatable bonds is 4. The number of nitrogens with zero attached hydrogens (tertiary/aromatic N) is 1. The second-order valence-electron chi connectivity index (χ2n) is 5.22. The Labute approximate surface area is 102 Å². The number of likely N-dealkylation sites (tertiary alicyclic amines) is 1. The molecule has 2 aliphatic heterocycles. The second-order valence-corrected chi connectivity index (χ2v) is 5.22. The summed E-state index contributed by atoms with van der Waals surface area (Å²) in [5, 5.41) is 3.32. The maximum Gasteiger partial charge on any atom is 0.318 e. The average molecular weight is 242 g/mol. The van der Waals surface area contributed by atoms with Gasteiger partial charge in [0.2, 0.25) is 0 Å². The molecule has 5 heteroatoms. The van der Waals surface area contributed by atoms with Crippen molar-refractivity contribution in [3.63, 3.8) is 0 Å². The van der Waals surface area contributed by atoms with Crippen LogP contribution in [0.5, 0.6) is 0 Å². The molecule has 2 aliphatic rings. The van der Waals surface area contributed by atoms with Crippen molar-refractivity contribution in [1.29, 1.82) is 0 Å². The Morgan fingerprint density at radius 1 is 1.59 bits per heavy atom. The van der Waals surface area contributed by atoms with Crippen LogP contribution < -0.4 is 5.32 Å². The largest absolute Gasteiger partial charge is 0.468 e. The fourth-order valence-corrected chi connectivity index (χ4v) is 3.15. The minimum absolute atomic E-state index is 0.141. The first-order valence-electron chi connectivity index (χ1n) is 6.16. The minimum Gasteiger partial charge on any atom is -0.468 e. The number of methoxy groups -OCH3 is 1. The summed E-state index contributed by atoms with van der Waals surface area (Å²) in [4.78, 5) is 14.3. The Morgan fingerprint density at radius 2 is 2.29 bits per heavy atom. The van der Waals surface area contributed by atoms with Crippen molar-refractivity contribution < 1.29 is 14.3 Å². The zero-order chi connectivity index (χ0) is 12.5. The van der Waals surface area contributed by atoms with Crippen molar-refractivity contribution in [2.75, 3.05) is 47.5 Å². The lowest BCUT2D eigenvalue weighted by Crippen LogP contribution is -2.63. The van der Waals surface area contributed by atoms with Crippen LogP contribution in [0.2, 0.25) is 0 Å². The molecule has 1 N–H and O–H groups in total. The molecule has 2 unspecified atom stereocenters. The molecule has 17 heavy (non-hydrogen) atoms. The third kappa shape index (κ3) is 2.07. The van der Waals surface area contributed by atoms with Gasteiger partial charge in [0.25, 0.3) is 0 Å². The molecule has 0 amide bonds. The summed E-state index contributed by atoms with van der Waals surface area (Å²) in [5.74, 6) is 0.352. The molecule has 2 rings (SSSR count). The predicted molar refractivity (Wildman–Crippen MR) is 63.7 cm³/mol. The molecular formula is C12H22N2O3. The molecule has 0 aliphatic carbocycles. The highest BCUT2D eigenvalue weighted by Crippen LogP contribution is 2.38. The molecule has 0 aromatic rings. The number of hydrogen-bond donors (Lipinski definition) is 1. The monoisotopic (exact) mass is 242 g/mol. The number of hydrogen-bond acceptors (Lipinski definition) is 5. The van der Waals surface area contributed by atoms with E-state index in [1.807, 2.05) is 7.05 Å². The van der Waals surface area contributed by atoms with Gasteiger partial charge in [0.1, 0.15) is 5.41 Å².